The summed E-state index contributed by atoms with van der Waals surface area (Å²) in [4.78, 5) is 23.8. The van der Waals surface area contributed by atoms with Crippen molar-refractivity contribution in [3.05, 3.63) is 0 Å². The van der Waals surface area contributed by atoms with Gasteiger partial charge in [-0.15, -0.1) is 0 Å². The largest absolute Gasteiger partial charge is 0.466 e. The second-order valence-corrected chi connectivity index (χ2v) is 4.48. The van der Waals surface area contributed by atoms with Gasteiger partial charge in [-0.25, -0.2) is 0 Å². The summed E-state index contributed by atoms with van der Waals surface area (Å²) >= 11 is 0. The molecule has 0 aliphatic rings. The molecule has 0 spiro atoms. The normalized spacial score (nSPS) is 11.1. The van der Waals surface area contributed by atoms with Crippen LogP contribution in [0.1, 0.15) is 59.8 Å². The highest BCUT2D eigenvalue weighted by molar-refractivity contribution is 5.83. The van der Waals surface area contributed by atoms with Crippen LogP contribution in [0.4, 0.5) is 0 Å². The second kappa shape index (κ2) is 8.95. The van der Waals surface area contributed by atoms with Gasteiger partial charge in [0, 0.05) is 0 Å². The van der Waals surface area contributed by atoms with Gasteiger partial charge in [0.15, 0.2) is 0 Å². The smallest absolute Gasteiger partial charge is 0.312 e. The van der Waals surface area contributed by atoms with E-state index in [0.29, 0.717) is 26.1 Å². The van der Waals surface area contributed by atoms with E-state index in [1.807, 2.05) is 13.8 Å². The van der Waals surface area contributed by atoms with Gasteiger partial charge in [0.25, 0.3) is 0 Å². The maximum atomic E-state index is 12.2. The Kier molecular flexibility index (Phi) is 8.42. The van der Waals surface area contributed by atoms with Crippen molar-refractivity contribution in [3.8, 4) is 0 Å². The lowest BCUT2D eigenvalue weighted by molar-refractivity contribution is -0.163. The van der Waals surface area contributed by atoms with Gasteiger partial charge in [-0.1, -0.05) is 26.7 Å². The second-order valence-electron chi connectivity index (χ2n) is 4.48. The Bertz CT molecular complexity index is 255. The molecular formula is C14H26O4. The van der Waals surface area contributed by atoms with E-state index in [2.05, 4.69) is 0 Å². The number of hydrogen-bond acceptors (Lipinski definition) is 4. The maximum Gasteiger partial charge on any atom is 0.312 e. The van der Waals surface area contributed by atoms with Gasteiger partial charge < -0.3 is 9.47 Å². The lowest BCUT2D eigenvalue weighted by Gasteiger charge is -2.30. The van der Waals surface area contributed by atoms with Gasteiger partial charge in [-0.05, 0) is 26.7 Å². The summed E-state index contributed by atoms with van der Waals surface area (Å²) in [6.45, 7) is 8.25. The molecule has 0 aliphatic heterocycles. The fourth-order valence-electron chi connectivity index (χ4n) is 2.31. The quantitative estimate of drug-likeness (QED) is 0.596. The zero-order valence-electron chi connectivity index (χ0n) is 12.1. The molecule has 0 bridgehead atoms. The van der Waals surface area contributed by atoms with E-state index < -0.39 is 5.41 Å². The highest BCUT2D eigenvalue weighted by Gasteiger charge is 2.40. The van der Waals surface area contributed by atoms with Gasteiger partial charge in [0.05, 0.1) is 25.0 Å². The summed E-state index contributed by atoms with van der Waals surface area (Å²) in [5.74, 6) is -0.575. The van der Waals surface area contributed by atoms with Gasteiger partial charge in [-0.3, -0.25) is 9.59 Å². The molecule has 0 aromatic carbocycles. The predicted molar refractivity (Wildman–Crippen MR) is 70.1 cm³/mol. The molecule has 4 heteroatoms. The first kappa shape index (κ1) is 16.9. The number of hydrogen-bond donors (Lipinski definition) is 0. The van der Waals surface area contributed by atoms with E-state index in [1.54, 1.807) is 13.8 Å². The summed E-state index contributed by atoms with van der Waals surface area (Å²) in [6, 6.07) is 0. The Hall–Kier alpha value is -1.06. The minimum absolute atomic E-state index is 0.126. The Morgan fingerprint density at radius 2 is 1.39 bits per heavy atom. The fraction of sp³-hybridized carbons (Fsp3) is 0.857. The summed E-state index contributed by atoms with van der Waals surface area (Å²) in [5, 5.41) is 0. The van der Waals surface area contributed by atoms with Crippen molar-refractivity contribution in [2.45, 2.75) is 59.8 Å². The molecule has 0 rings (SSSR count). The molecule has 0 saturated heterocycles. The third-order valence-corrected chi connectivity index (χ3v) is 2.95. The summed E-state index contributed by atoms with van der Waals surface area (Å²) in [6.07, 6.45) is 3.15. The molecule has 18 heavy (non-hydrogen) atoms. The van der Waals surface area contributed by atoms with Crippen molar-refractivity contribution in [1.29, 1.82) is 0 Å². The number of rotatable bonds is 9. The molecule has 0 aromatic heterocycles. The number of esters is 2. The maximum absolute atomic E-state index is 12.2. The molecular weight excluding hydrogens is 232 g/mol. The Labute approximate surface area is 110 Å². The third kappa shape index (κ3) is 5.07. The molecule has 0 amide bonds. The van der Waals surface area contributed by atoms with Crippen LogP contribution in [0.3, 0.4) is 0 Å². The molecule has 0 saturated carbocycles. The molecule has 0 unspecified atom stereocenters. The predicted octanol–water partition coefficient (Wildman–Crippen LogP) is 3.09. The van der Waals surface area contributed by atoms with E-state index in [9.17, 15) is 9.59 Å². The Balaban J connectivity index is 4.94. The van der Waals surface area contributed by atoms with Crippen molar-refractivity contribution in [2.24, 2.45) is 5.41 Å². The van der Waals surface area contributed by atoms with Crippen molar-refractivity contribution in [1.82, 2.24) is 0 Å². The molecule has 0 aliphatic carbocycles. The first-order valence-corrected chi connectivity index (χ1v) is 6.89. The number of carbonyl (C=O) groups excluding carboxylic acids is 2. The van der Waals surface area contributed by atoms with Gasteiger partial charge in [0.1, 0.15) is 0 Å². The van der Waals surface area contributed by atoms with Crippen LogP contribution in [0, 0.1) is 5.41 Å². The Morgan fingerprint density at radius 3 is 1.78 bits per heavy atom. The van der Waals surface area contributed by atoms with E-state index in [-0.39, 0.29) is 18.4 Å². The minimum Gasteiger partial charge on any atom is -0.466 e. The highest BCUT2D eigenvalue weighted by Crippen LogP contribution is 2.35. The van der Waals surface area contributed by atoms with Crippen LogP contribution >= 0.6 is 0 Å². The van der Waals surface area contributed by atoms with Crippen LogP contribution in [-0.4, -0.2) is 25.2 Å². The van der Waals surface area contributed by atoms with Gasteiger partial charge in [0.2, 0.25) is 0 Å². The van der Waals surface area contributed by atoms with Crippen LogP contribution in [0.25, 0.3) is 0 Å². The topological polar surface area (TPSA) is 52.6 Å². The van der Waals surface area contributed by atoms with Crippen molar-refractivity contribution < 1.29 is 19.1 Å². The fourth-order valence-corrected chi connectivity index (χ4v) is 2.31. The van der Waals surface area contributed by atoms with Crippen molar-refractivity contribution >= 4 is 11.9 Å². The molecule has 0 atom stereocenters. The van der Waals surface area contributed by atoms with Crippen LogP contribution in [-0.2, 0) is 19.1 Å². The summed E-state index contributed by atoms with van der Waals surface area (Å²) in [5.41, 5.74) is -0.703. The van der Waals surface area contributed by atoms with Crippen LogP contribution in [0.5, 0.6) is 0 Å². The molecule has 0 N–H and O–H groups in total. The average molecular weight is 258 g/mol. The highest BCUT2D eigenvalue weighted by atomic mass is 16.5. The summed E-state index contributed by atoms with van der Waals surface area (Å²) < 4.78 is 10.1. The lowest BCUT2D eigenvalue weighted by atomic mass is 9.76. The number of ether oxygens (including phenoxy) is 2. The van der Waals surface area contributed by atoms with E-state index in [1.165, 1.54) is 0 Å². The average Bonchev–Trinajstić information content (AvgIpc) is 2.30. The first-order chi connectivity index (χ1) is 8.56. The SMILES string of the molecule is CCCC(CCC)(CC(=O)OCC)C(=O)OCC. The van der Waals surface area contributed by atoms with Crippen LogP contribution in [0.15, 0.2) is 0 Å². The molecule has 0 heterocycles. The summed E-state index contributed by atoms with van der Waals surface area (Å²) in [7, 11) is 0. The van der Waals surface area contributed by atoms with Gasteiger partial charge >= 0.3 is 11.9 Å². The zero-order chi connectivity index (χ0) is 14.0. The third-order valence-electron chi connectivity index (χ3n) is 2.95. The first-order valence-electron chi connectivity index (χ1n) is 6.89. The monoisotopic (exact) mass is 258 g/mol. The Morgan fingerprint density at radius 1 is 0.889 bits per heavy atom. The number of carbonyl (C=O) groups is 2. The van der Waals surface area contributed by atoms with Crippen molar-refractivity contribution in [2.75, 3.05) is 13.2 Å². The molecule has 106 valence electrons. The zero-order valence-corrected chi connectivity index (χ0v) is 12.1. The molecule has 0 radical (unpaired) electrons. The standard InChI is InChI=1S/C14H26O4/c1-5-9-14(10-6-2,13(16)18-8-4)11-12(15)17-7-3/h5-11H2,1-4H3. The molecule has 0 aromatic rings. The van der Waals surface area contributed by atoms with E-state index >= 15 is 0 Å². The van der Waals surface area contributed by atoms with Crippen LogP contribution in [0.2, 0.25) is 0 Å². The minimum atomic E-state index is -0.703. The lowest BCUT2D eigenvalue weighted by Crippen LogP contribution is -2.36. The van der Waals surface area contributed by atoms with Crippen molar-refractivity contribution in [3.63, 3.8) is 0 Å². The van der Waals surface area contributed by atoms with Gasteiger partial charge in [-0.2, -0.15) is 0 Å². The molecule has 0 fully saturated rings. The van der Waals surface area contributed by atoms with E-state index in [0.717, 1.165) is 12.8 Å². The van der Waals surface area contributed by atoms with Crippen LogP contribution < -0.4 is 0 Å². The van der Waals surface area contributed by atoms with E-state index in [4.69, 9.17) is 9.47 Å². The molecule has 4 nitrogen and oxygen atoms in total.